The van der Waals surface area contributed by atoms with Gasteiger partial charge in [0.15, 0.2) is 0 Å². The second-order valence-electron chi connectivity index (χ2n) is 4.58. The fraction of sp³-hybridized carbons (Fsp3) is 0.417. The van der Waals surface area contributed by atoms with E-state index in [0.29, 0.717) is 12.1 Å². The molecule has 0 saturated carbocycles. The van der Waals surface area contributed by atoms with E-state index in [1.54, 1.807) is 0 Å². The van der Waals surface area contributed by atoms with Crippen LogP contribution in [0.15, 0.2) is 18.2 Å². The molecule has 0 fully saturated rings. The van der Waals surface area contributed by atoms with Gasteiger partial charge in [-0.05, 0) is 26.3 Å². The van der Waals surface area contributed by atoms with Crippen molar-refractivity contribution in [3.05, 3.63) is 33.9 Å². The standard InChI is InChI=1S/C12H15N3O3/c1-12(2,5-6-16)14-11-4-3-10(15(17)18)7-9(11)8-13/h3-4,7,14,16H,5-6H2,1-2H3. The van der Waals surface area contributed by atoms with Gasteiger partial charge in [0.2, 0.25) is 0 Å². The monoisotopic (exact) mass is 249 g/mol. The lowest BCUT2D eigenvalue weighted by molar-refractivity contribution is -0.384. The topological polar surface area (TPSA) is 99.2 Å². The molecule has 0 aromatic heterocycles. The maximum atomic E-state index is 10.6. The van der Waals surface area contributed by atoms with E-state index in [1.807, 2.05) is 19.9 Å². The molecule has 0 radical (unpaired) electrons. The number of hydrogen-bond acceptors (Lipinski definition) is 5. The van der Waals surface area contributed by atoms with Gasteiger partial charge in [-0.25, -0.2) is 0 Å². The number of aliphatic hydroxyl groups excluding tert-OH is 1. The van der Waals surface area contributed by atoms with Crippen LogP contribution >= 0.6 is 0 Å². The Morgan fingerprint density at radius 3 is 2.72 bits per heavy atom. The molecule has 1 rings (SSSR count). The molecule has 0 heterocycles. The van der Waals surface area contributed by atoms with Gasteiger partial charge in [0, 0.05) is 24.3 Å². The molecule has 0 aliphatic heterocycles. The van der Waals surface area contributed by atoms with Crippen molar-refractivity contribution in [3.63, 3.8) is 0 Å². The van der Waals surface area contributed by atoms with Gasteiger partial charge >= 0.3 is 0 Å². The number of nitro groups is 1. The average Bonchev–Trinajstić information content (AvgIpc) is 2.28. The number of benzene rings is 1. The minimum atomic E-state index is -0.538. The number of anilines is 1. The summed E-state index contributed by atoms with van der Waals surface area (Å²) < 4.78 is 0. The molecule has 96 valence electrons. The van der Waals surface area contributed by atoms with Gasteiger partial charge in [-0.15, -0.1) is 0 Å². The number of nitriles is 1. The van der Waals surface area contributed by atoms with E-state index >= 15 is 0 Å². The van der Waals surface area contributed by atoms with Crippen LogP contribution in [0.2, 0.25) is 0 Å². The third-order valence-electron chi connectivity index (χ3n) is 2.54. The zero-order valence-electron chi connectivity index (χ0n) is 10.3. The van der Waals surface area contributed by atoms with Crippen molar-refractivity contribution in [2.75, 3.05) is 11.9 Å². The van der Waals surface area contributed by atoms with Gasteiger partial charge < -0.3 is 10.4 Å². The predicted molar refractivity (Wildman–Crippen MR) is 67.2 cm³/mol. The molecule has 6 heteroatoms. The van der Waals surface area contributed by atoms with E-state index in [1.165, 1.54) is 18.2 Å². The molecule has 1 aromatic rings. The Morgan fingerprint density at radius 1 is 1.56 bits per heavy atom. The van der Waals surface area contributed by atoms with Crippen LogP contribution in [0.5, 0.6) is 0 Å². The Morgan fingerprint density at radius 2 is 2.22 bits per heavy atom. The maximum absolute atomic E-state index is 10.6. The first-order valence-electron chi connectivity index (χ1n) is 5.47. The molecule has 1 aromatic carbocycles. The Kier molecular flexibility index (Phi) is 4.23. The highest BCUT2D eigenvalue weighted by atomic mass is 16.6. The average molecular weight is 249 g/mol. The molecule has 2 N–H and O–H groups in total. The lowest BCUT2D eigenvalue weighted by Gasteiger charge is -2.27. The first-order valence-corrected chi connectivity index (χ1v) is 5.47. The van der Waals surface area contributed by atoms with Gasteiger partial charge in [-0.3, -0.25) is 10.1 Å². The van der Waals surface area contributed by atoms with Crippen molar-refractivity contribution in [1.29, 1.82) is 5.26 Å². The number of nitrogens with one attached hydrogen (secondary N) is 1. The van der Waals surface area contributed by atoms with Crippen LogP contribution in [0.25, 0.3) is 0 Å². The van der Waals surface area contributed by atoms with Crippen LogP contribution in [0.4, 0.5) is 11.4 Å². The number of rotatable bonds is 5. The first kappa shape index (κ1) is 13.9. The van der Waals surface area contributed by atoms with Crippen LogP contribution in [0.1, 0.15) is 25.8 Å². The lowest BCUT2D eigenvalue weighted by Crippen LogP contribution is -2.32. The van der Waals surface area contributed by atoms with Crippen LogP contribution in [0.3, 0.4) is 0 Å². The van der Waals surface area contributed by atoms with Gasteiger partial charge in [0.25, 0.3) is 5.69 Å². The van der Waals surface area contributed by atoms with Crippen LogP contribution in [-0.4, -0.2) is 22.2 Å². The van der Waals surface area contributed by atoms with Gasteiger partial charge in [0.05, 0.1) is 16.2 Å². The van der Waals surface area contributed by atoms with Gasteiger partial charge in [0.1, 0.15) is 6.07 Å². The quantitative estimate of drug-likeness (QED) is 0.614. The highest BCUT2D eigenvalue weighted by molar-refractivity contribution is 5.62. The third kappa shape index (κ3) is 3.43. The summed E-state index contributed by atoms with van der Waals surface area (Å²) in [5.41, 5.74) is 0.241. The second kappa shape index (κ2) is 5.47. The Balaban J connectivity index is 3.04. The van der Waals surface area contributed by atoms with Gasteiger partial charge in [-0.2, -0.15) is 5.26 Å². The van der Waals surface area contributed by atoms with E-state index in [2.05, 4.69) is 5.32 Å². The molecular weight excluding hydrogens is 234 g/mol. The summed E-state index contributed by atoms with van der Waals surface area (Å²) in [6, 6.07) is 6.01. The van der Waals surface area contributed by atoms with Crippen molar-refractivity contribution in [1.82, 2.24) is 0 Å². The van der Waals surface area contributed by atoms with E-state index in [4.69, 9.17) is 10.4 Å². The fourth-order valence-electron chi connectivity index (χ4n) is 1.55. The highest BCUT2D eigenvalue weighted by Gasteiger charge is 2.19. The van der Waals surface area contributed by atoms with Crippen LogP contribution < -0.4 is 5.32 Å². The molecular formula is C12H15N3O3. The SMILES string of the molecule is CC(C)(CCO)Nc1ccc([N+](=O)[O-])cc1C#N. The number of nitrogens with zero attached hydrogens (tertiary/aromatic N) is 2. The lowest BCUT2D eigenvalue weighted by atomic mass is 10.00. The van der Waals surface area contributed by atoms with Crippen LogP contribution in [-0.2, 0) is 0 Å². The van der Waals surface area contributed by atoms with Crippen molar-refractivity contribution in [2.45, 2.75) is 25.8 Å². The molecule has 0 spiro atoms. The van der Waals surface area contributed by atoms with E-state index in [-0.39, 0.29) is 17.9 Å². The van der Waals surface area contributed by atoms with E-state index in [9.17, 15) is 10.1 Å². The molecule has 0 atom stereocenters. The van der Waals surface area contributed by atoms with Gasteiger partial charge in [-0.1, -0.05) is 0 Å². The number of nitro benzene ring substituents is 1. The smallest absolute Gasteiger partial charge is 0.270 e. The summed E-state index contributed by atoms with van der Waals surface area (Å²) in [4.78, 5) is 10.1. The Labute approximate surface area is 105 Å². The normalized spacial score (nSPS) is 10.8. The summed E-state index contributed by atoms with van der Waals surface area (Å²) in [6.07, 6.45) is 0.509. The third-order valence-corrected chi connectivity index (χ3v) is 2.54. The minimum absolute atomic E-state index is 0.0227. The number of hydrogen-bond donors (Lipinski definition) is 2. The van der Waals surface area contributed by atoms with E-state index in [0.717, 1.165) is 0 Å². The predicted octanol–water partition coefficient (Wildman–Crippen LogP) is 2.04. The first-order chi connectivity index (χ1) is 8.39. The highest BCUT2D eigenvalue weighted by Crippen LogP contribution is 2.25. The molecule has 0 saturated heterocycles. The van der Waals surface area contributed by atoms with Crippen molar-refractivity contribution in [2.24, 2.45) is 0 Å². The largest absolute Gasteiger partial charge is 0.396 e. The van der Waals surface area contributed by atoms with E-state index < -0.39 is 10.5 Å². The molecule has 6 nitrogen and oxygen atoms in total. The van der Waals surface area contributed by atoms with Crippen molar-refractivity contribution < 1.29 is 10.0 Å². The number of non-ortho nitro benzene ring substituents is 1. The second-order valence-corrected chi connectivity index (χ2v) is 4.58. The summed E-state index contributed by atoms with van der Waals surface area (Å²) in [7, 11) is 0. The minimum Gasteiger partial charge on any atom is -0.396 e. The zero-order chi connectivity index (χ0) is 13.8. The maximum Gasteiger partial charge on any atom is 0.270 e. The molecule has 0 aliphatic carbocycles. The summed E-state index contributed by atoms with van der Waals surface area (Å²) in [5, 5.41) is 31.6. The fourth-order valence-corrected chi connectivity index (χ4v) is 1.55. The molecule has 18 heavy (non-hydrogen) atoms. The summed E-state index contributed by atoms with van der Waals surface area (Å²) in [6.45, 7) is 3.78. The Bertz CT molecular complexity index is 492. The molecule has 0 unspecified atom stereocenters. The molecule has 0 amide bonds. The van der Waals surface area contributed by atoms with Crippen molar-refractivity contribution in [3.8, 4) is 6.07 Å². The summed E-state index contributed by atoms with van der Waals surface area (Å²) >= 11 is 0. The zero-order valence-corrected chi connectivity index (χ0v) is 10.3. The Hall–Kier alpha value is -2.13. The number of aliphatic hydroxyl groups is 1. The van der Waals surface area contributed by atoms with Crippen molar-refractivity contribution >= 4 is 11.4 Å². The molecule has 0 bridgehead atoms. The molecule has 0 aliphatic rings. The summed E-state index contributed by atoms with van der Waals surface area (Å²) in [5.74, 6) is 0. The van der Waals surface area contributed by atoms with Crippen LogP contribution in [0, 0.1) is 21.4 Å².